The summed E-state index contributed by atoms with van der Waals surface area (Å²) in [6.45, 7) is 0. The predicted molar refractivity (Wildman–Crippen MR) is 105 cm³/mol. The summed E-state index contributed by atoms with van der Waals surface area (Å²) in [6.07, 6.45) is 8.87. The topological polar surface area (TPSA) is 0 Å². The van der Waals surface area contributed by atoms with Gasteiger partial charge in [0.15, 0.2) is 0 Å². The third-order valence-corrected chi connectivity index (χ3v) is 5.50. The zero-order valence-corrected chi connectivity index (χ0v) is 19.4. The number of rotatable bonds is 3. The average Bonchev–Trinajstić information content (AvgIpc) is 3.31. The Labute approximate surface area is 198 Å². The molecule has 3 aromatic carbocycles. The first-order chi connectivity index (χ1) is 12.4. The maximum Gasteiger partial charge on any atom is 2.00 e. The molecule has 0 saturated carbocycles. The van der Waals surface area contributed by atoms with Crippen LogP contribution in [-0.2, 0) is 32.6 Å². The number of hydrogen-bond acceptors (Lipinski definition) is 0. The van der Waals surface area contributed by atoms with Gasteiger partial charge in [-0.1, -0.05) is 96.6 Å². The predicted octanol–water partition coefficient (Wildman–Crippen LogP) is 0.282. The molecule has 0 saturated heterocycles. The van der Waals surface area contributed by atoms with Gasteiger partial charge in [-0.15, -0.1) is 0 Å². The van der Waals surface area contributed by atoms with E-state index in [9.17, 15) is 0 Å². The molecule has 2 aliphatic carbocycles. The molecule has 28 heavy (non-hydrogen) atoms. The summed E-state index contributed by atoms with van der Waals surface area (Å²) in [5.74, 6) is 0.348. The third-order valence-electron chi connectivity index (χ3n) is 5.50. The van der Waals surface area contributed by atoms with E-state index in [1.807, 2.05) is 0 Å². The summed E-state index contributed by atoms with van der Waals surface area (Å²) in [7, 11) is 0. The first-order valence-electron chi connectivity index (χ1n) is 9.02. The minimum absolute atomic E-state index is 0. The standard InChI is InChI=1S/C25H20.2ClH.Zr/c1-2-9-18(10-3-1)25(19-11-4-5-12-19)23-16-8-15-22-21-14-7-6-13-20(21)17-24(22)23;;;/h1-11,13-16,25H,12,17H2;2*1H;/q;;;+2/p-2. The number of allylic oxidation sites excluding steroid dienone is 4. The average molecular weight is 483 g/mol. The van der Waals surface area contributed by atoms with Gasteiger partial charge >= 0.3 is 26.2 Å². The van der Waals surface area contributed by atoms with Gasteiger partial charge in [0.1, 0.15) is 0 Å². The fourth-order valence-corrected chi connectivity index (χ4v) is 4.37. The van der Waals surface area contributed by atoms with E-state index < -0.39 is 0 Å². The number of halogens is 2. The van der Waals surface area contributed by atoms with Crippen molar-refractivity contribution in [1.29, 1.82) is 0 Å². The van der Waals surface area contributed by atoms with Crippen molar-refractivity contribution in [2.45, 2.75) is 18.8 Å². The van der Waals surface area contributed by atoms with E-state index in [1.165, 1.54) is 39.0 Å². The van der Waals surface area contributed by atoms with Crippen LogP contribution in [0, 0.1) is 0 Å². The Hall–Kier alpha value is -1.40. The van der Waals surface area contributed by atoms with Gasteiger partial charge in [-0.2, -0.15) is 0 Å². The van der Waals surface area contributed by atoms with Crippen molar-refractivity contribution in [3.05, 3.63) is 119 Å². The van der Waals surface area contributed by atoms with Crippen LogP contribution < -0.4 is 24.8 Å². The second kappa shape index (κ2) is 9.88. The molecule has 3 heteroatoms. The Morgan fingerprint density at radius 3 is 2.18 bits per heavy atom. The Kier molecular flexibility index (Phi) is 8.08. The normalized spacial score (nSPS) is 13.9. The fourth-order valence-electron chi connectivity index (χ4n) is 4.37. The monoisotopic (exact) mass is 480 g/mol. The summed E-state index contributed by atoms with van der Waals surface area (Å²) in [6, 6.07) is 26.6. The summed E-state index contributed by atoms with van der Waals surface area (Å²) in [4.78, 5) is 0. The summed E-state index contributed by atoms with van der Waals surface area (Å²) in [5, 5.41) is 0. The molecule has 0 aliphatic heterocycles. The molecule has 0 aromatic heterocycles. The van der Waals surface area contributed by atoms with Crippen molar-refractivity contribution in [2.75, 3.05) is 0 Å². The van der Waals surface area contributed by atoms with Gasteiger partial charge in [-0.3, -0.25) is 0 Å². The molecule has 2 aliphatic rings. The van der Waals surface area contributed by atoms with Gasteiger partial charge in [0.05, 0.1) is 0 Å². The molecule has 3 aromatic rings. The smallest absolute Gasteiger partial charge is 1.00 e. The number of fused-ring (bicyclic) bond motifs is 3. The Bertz CT molecular complexity index is 1010. The molecule has 5 rings (SSSR count). The molecule has 1 unspecified atom stereocenters. The van der Waals surface area contributed by atoms with Crippen molar-refractivity contribution in [1.82, 2.24) is 0 Å². The molecule has 0 bridgehead atoms. The molecule has 1 atom stereocenters. The van der Waals surface area contributed by atoms with Gasteiger partial charge in [-0.05, 0) is 46.2 Å². The zero-order valence-electron chi connectivity index (χ0n) is 15.4. The summed E-state index contributed by atoms with van der Waals surface area (Å²) >= 11 is 0. The third kappa shape index (κ3) is 3.99. The van der Waals surface area contributed by atoms with Gasteiger partial charge in [0, 0.05) is 5.92 Å². The molecule has 0 radical (unpaired) electrons. The van der Waals surface area contributed by atoms with E-state index in [4.69, 9.17) is 0 Å². The van der Waals surface area contributed by atoms with Crippen LogP contribution in [0.25, 0.3) is 11.1 Å². The molecule has 0 amide bonds. The van der Waals surface area contributed by atoms with Gasteiger partial charge < -0.3 is 24.8 Å². The largest absolute Gasteiger partial charge is 2.00 e. The molecule has 138 valence electrons. The van der Waals surface area contributed by atoms with E-state index in [2.05, 4.69) is 91.0 Å². The molecule has 0 fully saturated rings. The number of hydrogen-bond donors (Lipinski definition) is 0. The summed E-state index contributed by atoms with van der Waals surface area (Å²) < 4.78 is 0. The fraction of sp³-hybridized carbons (Fsp3) is 0.120. The first kappa shape index (κ1) is 22.9. The van der Waals surface area contributed by atoms with Crippen LogP contribution >= 0.6 is 0 Å². The van der Waals surface area contributed by atoms with Gasteiger partial charge in [0.25, 0.3) is 0 Å². The molecular weight excluding hydrogens is 462 g/mol. The van der Waals surface area contributed by atoms with E-state index in [-0.39, 0.29) is 51.0 Å². The molecule has 0 nitrogen and oxygen atoms in total. The molecule has 0 spiro atoms. The van der Waals surface area contributed by atoms with Crippen molar-refractivity contribution in [2.24, 2.45) is 0 Å². The van der Waals surface area contributed by atoms with Crippen molar-refractivity contribution in [3.63, 3.8) is 0 Å². The SMILES string of the molecule is C1=CCC(C(c2ccccc2)c2cccc3c2Cc2ccccc2-3)=C1.[Cl-].[Cl-].[Zr+2]. The van der Waals surface area contributed by atoms with E-state index in [0.29, 0.717) is 5.92 Å². The Morgan fingerprint density at radius 2 is 1.43 bits per heavy atom. The minimum Gasteiger partial charge on any atom is -1.00 e. The van der Waals surface area contributed by atoms with Crippen molar-refractivity contribution in [3.8, 4) is 11.1 Å². The molecular formula is C25H20Cl2Zr. The van der Waals surface area contributed by atoms with Crippen molar-refractivity contribution >= 4 is 0 Å². The Morgan fingerprint density at radius 1 is 0.714 bits per heavy atom. The molecule has 0 heterocycles. The van der Waals surface area contributed by atoms with Gasteiger partial charge in [0.2, 0.25) is 0 Å². The van der Waals surface area contributed by atoms with Crippen LogP contribution in [0.2, 0.25) is 0 Å². The first-order valence-corrected chi connectivity index (χ1v) is 9.02. The summed E-state index contributed by atoms with van der Waals surface area (Å²) in [5.41, 5.74) is 10.1. The second-order valence-electron chi connectivity index (χ2n) is 6.92. The van der Waals surface area contributed by atoms with E-state index in [1.54, 1.807) is 0 Å². The van der Waals surface area contributed by atoms with Crippen molar-refractivity contribution < 1.29 is 51.0 Å². The van der Waals surface area contributed by atoms with E-state index >= 15 is 0 Å². The molecule has 0 N–H and O–H groups in total. The van der Waals surface area contributed by atoms with Crippen LogP contribution in [0.5, 0.6) is 0 Å². The quantitative estimate of drug-likeness (QED) is 0.394. The minimum atomic E-state index is 0. The van der Waals surface area contributed by atoms with Crippen LogP contribution in [0.4, 0.5) is 0 Å². The zero-order chi connectivity index (χ0) is 16.6. The van der Waals surface area contributed by atoms with Gasteiger partial charge in [-0.25, -0.2) is 0 Å². The maximum atomic E-state index is 2.33. The van der Waals surface area contributed by atoms with Crippen LogP contribution in [0.15, 0.2) is 96.6 Å². The number of benzene rings is 3. The second-order valence-corrected chi connectivity index (χ2v) is 6.92. The maximum absolute atomic E-state index is 2.33. The van der Waals surface area contributed by atoms with E-state index in [0.717, 1.165) is 12.8 Å². The van der Waals surface area contributed by atoms with Crippen LogP contribution in [0.1, 0.15) is 34.6 Å². The van der Waals surface area contributed by atoms with Crippen LogP contribution in [-0.4, -0.2) is 0 Å². The Balaban J connectivity index is 0.000000934. The van der Waals surface area contributed by atoms with Crippen LogP contribution in [0.3, 0.4) is 0 Å².